The molecule has 2 rings (SSSR count). The Hall–Kier alpha value is -0.390. The predicted octanol–water partition coefficient (Wildman–Crippen LogP) is 2.24. The normalized spacial score (nSPS) is 24.2. The number of rotatable bonds is 6. The van der Waals surface area contributed by atoms with Crippen molar-refractivity contribution in [2.24, 2.45) is 0 Å². The molecule has 122 valence electrons. The molecule has 0 bridgehead atoms. The van der Waals surface area contributed by atoms with Crippen LogP contribution in [0.4, 0.5) is 0 Å². The lowest BCUT2D eigenvalue weighted by molar-refractivity contribution is 0.0712. The zero-order valence-corrected chi connectivity index (χ0v) is 14.5. The van der Waals surface area contributed by atoms with E-state index in [1.807, 2.05) is 0 Å². The fourth-order valence-electron chi connectivity index (χ4n) is 3.19. The van der Waals surface area contributed by atoms with E-state index in [9.17, 15) is 0 Å². The summed E-state index contributed by atoms with van der Waals surface area (Å²) in [5.41, 5.74) is 0. The topological polar surface area (TPSA) is 27.7 Å². The molecule has 2 heterocycles. The lowest BCUT2D eigenvalue weighted by Crippen LogP contribution is -2.52. The fraction of sp³-hybridized carbons (Fsp3) is 0.938. The third-order valence-electron chi connectivity index (χ3n) is 4.62. The van der Waals surface area contributed by atoms with Crippen LogP contribution in [0.1, 0.15) is 45.4 Å². The number of unbranched alkanes of at least 4 members (excludes halogenated alkanes) is 1. The summed E-state index contributed by atoms with van der Waals surface area (Å²) < 4.78 is 5.83. The van der Waals surface area contributed by atoms with E-state index in [1.165, 1.54) is 51.6 Å². The average molecular weight is 314 g/mol. The molecule has 0 amide bonds. The molecule has 0 aromatic carbocycles. The molecule has 0 aromatic rings. The van der Waals surface area contributed by atoms with E-state index in [1.54, 1.807) is 0 Å². The van der Waals surface area contributed by atoms with Gasteiger partial charge in [0.1, 0.15) is 0 Å². The molecule has 1 unspecified atom stereocenters. The number of likely N-dealkylation sites (tertiary alicyclic amines) is 1. The predicted molar refractivity (Wildman–Crippen MR) is 91.7 cm³/mol. The monoisotopic (exact) mass is 313 g/mol. The minimum Gasteiger partial charge on any atom is -0.376 e. The van der Waals surface area contributed by atoms with Gasteiger partial charge in [-0.15, -0.1) is 0 Å². The van der Waals surface area contributed by atoms with Gasteiger partial charge in [-0.2, -0.15) is 0 Å². The van der Waals surface area contributed by atoms with Crippen LogP contribution in [0.5, 0.6) is 0 Å². The Morgan fingerprint density at radius 1 is 1.33 bits per heavy atom. The number of nitrogens with zero attached hydrogens (tertiary/aromatic N) is 2. The van der Waals surface area contributed by atoms with Crippen LogP contribution in [0.3, 0.4) is 0 Å². The van der Waals surface area contributed by atoms with Gasteiger partial charge in [0.15, 0.2) is 5.11 Å². The maximum Gasteiger partial charge on any atom is 0.169 e. The molecule has 2 aliphatic rings. The van der Waals surface area contributed by atoms with Crippen molar-refractivity contribution < 1.29 is 4.74 Å². The van der Waals surface area contributed by atoms with Crippen LogP contribution in [0.2, 0.25) is 0 Å². The lowest BCUT2D eigenvalue weighted by atomic mass is 10.0. The Bertz CT molecular complexity index is 313. The number of piperidine rings is 1. The van der Waals surface area contributed by atoms with E-state index in [0.717, 1.165) is 24.8 Å². The van der Waals surface area contributed by atoms with Crippen LogP contribution in [-0.4, -0.2) is 66.9 Å². The van der Waals surface area contributed by atoms with Crippen molar-refractivity contribution in [3.63, 3.8) is 0 Å². The molecule has 0 saturated carbocycles. The zero-order valence-electron chi connectivity index (χ0n) is 13.6. The molecule has 0 spiro atoms. The molecule has 21 heavy (non-hydrogen) atoms. The third kappa shape index (κ3) is 5.38. The number of ether oxygens (including phenoxy) is 1. The second-order valence-corrected chi connectivity index (χ2v) is 6.79. The molecular formula is C16H31N3OS. The highest BCUT2D eigenvalue weighted by Gasteiger charge is 2.28. The maximum absolute atomic E-state index is 5.83. The first kappa shape index (κ1) is 17.0. The van der Waals surface area contributed by atoms with Crippen LogP contribution < -0.4 is 5.32 Å². The third-order valence-corrected chi connectivity index (χ3v) is 5.00. The molecule has 0 radical (unpaired) electrons. The summed E-state index contributed by atoms with van der Waals surface area (Å²) in [5.74, 6) is 0. The van der Waals surface area contributed by atoms with Crippen LogP contribution in [0.15, 0.2) is 0 Å². The number of nitrogens with one attached hydrogen (secondary N) is 1. The molecule has 4 nitrogen and oxygen atoms in total. The fourth-order valence-corrected chi connectivity index (χ4v) is 3.51. The highest BCUT2D eigenvalue weighted by atomic mass is 32.1. The molecule has 0 aliphatic carbocycles. The van der Waals surface area contributed by atoms with Gasteiger partial charge in [0, 0.05) is 25.7 Å². The van der Waals surface area contributed by atoms with E-state index in [-0.39, 0.29) is 0 Å². The maximum atomic E-state index is 5.83. The standard InChI is InChI=1S/C16H31N3OS/c1-3-4-9-17-16(21)19(13-15-6-5-12-20-15)14-7-10-18(2)11-8-14/h14-15H,3-13H2,1-2H3,(H,17,21). The minimum atomic E-state index is 0.371. The van der Waals surface area contributed by atoms with Crippen LogP contribution in [0, 0.1) is 0 Å². The van der Waals surface area contributed by atoms with Gasteiger partial charge in [-0.1, -0.05) is 13.3 Å². The highest BCUT2D eigenvalue weighted by Crippen LogP contribution is 2.20. The molecular weight excluding hydrogens is 282 g/mol. The second kappa shape index (κ2) is 8.91. The van der Waals surface area contributed by atoms with Gasteiger partial charge in [0.05, 0.1) is 6.10 Å². The van der Waals surface area contributed by atoms with E-state index in [0.29, 0.717) is 12.1 Å². The smallest absolute Gasteiger partial charge is 0.169 e. The summed E-state index contributed by atoms with van der Waals surface area (Å²) in [7, 11) is 2.21. The quantitative estimate of drug-likeness (QED) is 0.600. The first-order chi connectivity index (χ1) is 10.2. The SMILES string of the molecule is CCCCNC(=S)N(CC1CCCO1)C1CCN(C)CC1. The molecule has 1 N–H and O–H groups in total. The van der Waals surface area contributed by atoms with Gasteiger partial charge < -0.3 is 19.9 Å². The average Bonchev–Trinajstić information content (AvgIpc) is 2.99. The van der Waals surface area contributed by atoms with Crippen molar-refractivity contribution >= 4 is 17.3 Å². The lowest BCUT2D eigenvalue weighted by Gasteiger charge is -2.39. The summed E-state index contributed by atoms with van der Waals surface area (Å²) in [5, 5.41) is 4.39. The summed E-state index contributed by atoms with van der Waals surface area (Å²) in [6.07, 6.45) is 7.55. The van der Waals surface area contributed by atoms with Crippen molar-refractivity contribution in [2.45, 2.75) is 57.6 Å². The van der Waals surface area contributed by atoms with E-state index in [4.69, 9.17) is 17.0 Å². The molecule has 2 saturated heterocycles. The van der Waals surface area contributed by atoms with E-state index in [2.05, 4.69) is 29.1 Å². The van der Waals surface area contributed by atoms with Crippen LogP contribution in [0.25, 0.3) is 0 Å². The molecule has 2 fully saturated rings. The van der Waals surface area contributed by atoms with Gasteiger partial charge in [-0.05, 0) is 64.5 Å². The number of hydrogen-bond acceptors (Lipinski definition) is 3. The minimum absolute atomic E-state index is 0.371. The van der Waals surface area contributed by atoms with E-state index >= 15 is 0 Å². The Morgan fingerprint density at radius 3 is 2.71 bits per heavy atom. The molecule has 2 aliphatic heterocycles. The van der Waals surface area contributed by atoms with Crippen LogP contribution >= 0.6 is 12.2 Å². The largest absolute Gasteiger partial charge is 0.376 e. The summed E-state index contributed by atoms with van der Waals surface area (Å²) in [4.78, 5) is 4.84. The van der Waals surface area contributed by atoms with Crippen LogP contribution in [-0.2, 0) is 4.74 Å². The van der Waals surface area contributed by atoms with Crippen molar-refractivity contribution in [3.8, 4) is 0 Å². The van der Waals surface area contributed by atoms with Gasteiger partial charge >= 0.3 is 0 Å². The number of thiocarbonyl (C=S) groups is 1. The Labute approximate surface area is 135 Å². The van der Waals surface area contributed by atoms with Gasteiger partial charge in [0.25, 0.3) is 0 Å². The Kier molecular flexibility index (Phi) is 7.20. The second-order valence-electron chi connectivity index (χ2n) is 6.41. The summed E-state index contributed by atoms with van der Waals surface area (Å²) in [6, 6.07) is 0.576. The van der Waals surface area contributed by atoms with Gasteiger partial charge in [-0.25, -0.2) is 0 Å². The molecule has 0 aromatic heterocycles. The van der Waals surface area contributed by atoms with Crippen molar-refractivity contribution in [1.29, 1.82) is 0 Å². The zero-order chi connectivity index (χ0) is 15.1. The molecule has 5 heteroatoms. The van der Waals surface area contributed by atoms with Crippen molar-refractivity contribution in [2.75, 3.05) is 39.8 Å². The summed E-state index contributed by atoms with van der Waals surface area (Å²) >= 11 is 5.68. The van der Waals surface area contributed by atoms with Crippen molar-refractivity contribution in [1.82, 2.24) is 15.1 Å². The summed E-state index contributed by atoms with van der Waals surface area (Å²) in [6.45, 7) is 7.43. The highest BCUT2D eigenvalue weighted by molar-refractivity contribution is 7.80. The Balaban J connectivity index is 1.90. The van der Waals surface area contributed by atoms with Gasteiger partial charge in [0.2, 0.25) is 0 Å². The van der Waals surface area contributed by atoms with E-state index < -0.39 is 0 Å². The number of hydrogen-bond donors (Lipinski definition) is 1. The Morgan fingerprint density at radius 2 is 2.10 bits per heavy atom. The van der Waals surface area contributed by atoms with Crippen molar-refractivity contribution in [3.05, 3.63) is 0 Å². The first-order valence-electron chi connectivity index (χ1n) is 8.55. The molecule has 1 atom stereocenters. The van der Waals surface area contributed by atoms with Gasteiger partial charge in [-0.3, -0.25) is 0 Å². The first-order valence-corrected chi connectivity index (χ1v) is 8.96.